The van der Waals surface area contributed by atoms with Gasteiger partial charge < -0.3 is 19.3 Å². The third kappa shape index (κ3) is 8.58. The largest absolute Gasteiger partial charge is 0.508 e. The summed E-state index contributed by atoms with van der Waals surface area (Å²) in [6, 6.07) is 13.7. The third-order valence-electron chi connectivity index (χ3n) is 6.94. The average Bonchev–Trinajstić information content (AvgIpc) is 2.88. The number of ether oxygens (including phenoxy) is 3. The number of aromatic hydroxyl groups is 1. The summed E-state index contributed by atoms with van der Waals surface area (Å²) in [6.07, 6.45) is -3.74. The van der Waals surface area contributed by atoms with Crippen molar-refractivity contribution in [1.29, 1.82) is 0 Å². The fraction of sp³-hybridized carbons (Fsp3) is 0.536. The van der Waals surface area contributed by atoms with Gasteiger partial charge in [0.1, 0.15) is 11.5 Å². The van der Waals surface area contributed by atoms with Crippen molar-refractivity contribution in [2.45, 2.75) is 83.6 Å². The minimum atomic E-state index is -6.15. The highest BCUT2D eigenvalue weighted by Crippen LogP contribution is 2.42. The first-order valence-electron chi connectivity index (χ1n) is 12.9. The number of phenolic OH excluding ortho intramolecular Hbond substituents is 1. The predicted octanol–water partition coefficient (Wildman–Crippen LogP) is 6.56. The van der Waals surface area contributed by atoms with E-state index in [4.69, 9.17) is 14.0 Å². The van der Waals surface area contributed by atoms with Crippen molar-refractivity contribution in [3.8, 4) is 11.5 Å². The van der Waals surface area contributed by atoms with Gasteiger partial charge >= 0.3 is 27.7 Å². The van der Waals surface area contributed by atoms with Crippen molar-refractivity contribution in [2.24, 2.45) is 5.41 Å². The molecule has 2 aromatic carbocycles. The van der Waals surface area contributed by atoms with Gasteiger partial charge in [0.2, 0.25) is 0 Å². The van der Waals surface area contributed by atoms with E-state index in [1.54, 1.807) is 38.1 Å². The van der Waals surface area contributed by atoms with Gasteiger partial charge in [-0.15, -0.1) is 0 Å². The van der Waals surface area contributed by atoms with E-state index >= 15 is 0 Å². The van der Waals surface area contributed by atoms with Crippen LogP contribution in [-0.2, 0) is 24.4 Å². The molecule has 5 unspecified atom stereocenters. The second-order valence-corrected chi connectivity index (χ2v) is 11.5. The maximum atomic E-state index is 14.1. The lowest BCUT2D eigenvalue weighted by molar-refractivity contribution is -0.193. The summed E-state index contributed by atoms with van der Waals surface area (Å²) in [6.45, 7) is 9.13. The Kier molecular flexibility index (Phi) is 11.4. The molecule has 0 aliphatic carbocycles. The van der Waals surface area contributed by atoms with Crippen molar-refractivity contribution in [1.82, 2.24) is 0 Å². The van der Waals surface area contributed by atoms with Gasteiger partial charge in [0, 0.05) is 6.61 Å². The number of hydrogen-bond donors (Lipinski definition) is 2. The van der Waals surface area contributed by atoms with E-state index in [0.29, 0.717) is 18.8 Å². The van der Waals surface area contributed by atoms with E-state index in [2.05, 4.69) is 4.74 Å². The highest BCUT2D eigenvalue weighted by molar-refractivity contribution is 7.86. The van der Waals surface area contributed by atoms with Gasteiger partial charge in [-0.1, -0.05) is 38.1 Å². The minimum Gasteiger partial charge on any atom is -0.508 e. The zero-order valence-electron chi connectivity index (χ0n) is 23.1. The van der Waals surface area contributed by atoms with E-state index in [1.165, 1.54) is 19.1 Å². The first-order valence-corrected chi connectivity index (χ1v) is 14.3. The monoisotopic (exact) mass is 590 g/mol. The van der Waals surface area contributed by atoms with Crippen LogP contribution in [0.5, 0.6) is 11.5 Å². The Hall–Kier alpha value is -2.83. The molecule has 0 aromatic heterocycles. The van der Waals surface area contributed by atoms with Crippen LogP contribution < -0.4 is 4.74 Å². The Morgan fingerprint density at radius 2 is 1.55 bits per heavy atom. The number of hydrogen-bond acceptors (Lipinski definition) is 7. The zero-order valence-corrected chi connectivity index (χ0v) is 24.0. The van der Waals surface area contributed by atoms with Crippen molar-refractivity contribution < 1.29 is 50.3 Å². The Morgan fingerprint density at radius 3 is 2.05 bits per heavy atom. The van der Waals surface area contributed by atoms with Gasteiger partial charge in [0.25, 0.3) is 0 Å². The summed E-state index contributed by atoms with van der Waals surface area (Å²) in [5, 5.41) is 4.43. The van der Waals surface area contributed by atoms with Crippen molar-refractivity contribution in [3.63, 3.8) is 0 Å². The molecule has 8 nitrogen and oxygen atoms in total. The number of esters is 1. The van der Waals surface area contributed by atoms with E-state index in [0.717, 1.165) is 11.1 Å². The van der Waals surface area contributed by atoms with Crippen LogP contribution in [0, 0.1) is 5.41 Å². The smallest absolute Gasteiger partial charge is 0.435 e. The van der Waals surface area contributed by atoms with Gasteiger partial charge in [-0.2, -0.15) is 21.6 Å². The molecule has 0 radical (unpaired) electrons. The lowest BCUT2D eigenvalue weighted by atomic mass is 9.73. The molecule has 0 amide bonds. The summed E-state index contributed by atoms with van der Waals surface area (Å²) < 4.78 is 87.3. The molecular formula is C28H37F3O8S. The fourth-order valence-corrected chi connectivity index (χ4v) is 4.60. The molecule has 2 aromatic rings. The number of halogens is 3. The van der Waals surface area contributed by atoms with E-state index in [1.807, 2.05) is 26.0 Å². The summed E-state index contributed by atoms with van der Waals surface area (Å²) in [7, 11) is -6.15. The first-order chi connectivity index (χ1) is 18.5. The molecule has 2 rings (SSSR count). The molecule has 0 bridgehead atoms. The quantitative estimate of drug-likeness (QED) is 0.136. The van der Waals surface area contributed by atoms with Crippen LogP contribution in [0.1, 0.15) is 76.8 Å². The minimum absolute atomic E-state index is 0.0257. The molecule has 12 heteroatoms. The zero-order chi connectivity index (χ0) is 30.3. The Morgan fingerprint density at radius 1 is 1.00 bits per heavy atom. The van der Waals surface area contributed by atoms with Crippen molar-refractivity contribution in [2.75, 3.05) is 6.61 Å². The molecule has 2 N–H and O–H groups in total. The molecular weight excluding hydrogens is 553 g/mol. The van der Waals surface area contributed by atoms with Crippen LogP contribution in [0.25, 0.3) is 0 Å². The third-order valence-corrected chi connectivity index (χ3v) is 7.82. The van der Waals surface area contributed by atoms with Crippen LogP contribution in [0.2, 0.25) is 0 Å². The SMILES string of the molecule is CCOC(C)Oc1ccc(C(C)CC(CC(C)(CC)C(=O)OC(F)C(F)(F)S(=O)(=O)O)c2ccc(O)cc2)cc1. The summed E-state index contributed by atoms with van der Waals surface area (Å²) in [5.41, 5.74) is 0.204. The van der Waals surface area contributed by atoms with Crippen molar-refractivity contribution in [3.05, 3.63) is 59.7 Å². The predicted molar refractivity (Wildman–Crippen MR) is 143 cm³/mol. The number of carbonyl (C=O) groups excluding carboxylic acids is 1. The molecule has 0 heterocycles. The van der Waals surface area contributed by atoms with Crippen molar-refractivity contribution >= 4 is 16.1 Å². The Balaban J connectivity index is 2.29. The molecule has 0 aliphatic rings. The summed E-state index contributed by atoms with van der Waals surface area (Å²) in [4.78, 5) is 12.9. The second-order valence-electron chi connectivity index (χ2n) is 10.0. The first kappa shape index (κ1) is 33.4. The molecule has 0 aliphatic heterocycles. The van der Waals surface area contributed by atoms with Gasteiger partial charge in [0.05, 0.1) is 5.41 Å². The highest BCUT2D eigenvalue weighted by atomic mass is 32.2. The molecule has 0 saturated carbocycles. The lowest BCUT2D eigenvalue weighted by Crippen LogP contribution is -2.44. The fourth-order valence-electron chi connectivity index (χ4n) is 4.32. The number of alkyl halides is 3. The highest BCUT2D eigenvalue weighted by Gasteiger charge is 2.56. The molecule has 0 saturated heterocycles. The van der Waals surface area contributed by atoms with Crippen LogP contribution in [0.15, 0.2) is 48.5 Å². The summed E-state index contributed by atoms with van der Waals surface area (Å²) in [5.74, 6) is -1.16. The summed E-state index contributed by atoms with van der Waals surface area (Å²) >= 11 is 0. The van der Waals surface area contributed by atoms with Gasteiger partial charge in [-0.25, -0.2) is 0 Å². The van der Waals surface area contributed by atoms with E-state index in [-0.39, 0.29) is 30.4 Å². The van der Waals surface area contributed by atoms with Crippen LogP contribution >= 0.6 is 0 Å². The van der Waals surface area contributed by atoms with Crippen LogP contribution in [0.4, 0.5) is 13.2 Å². The van der Waals surface area contributed by atoms with E-state index in [9.17, 15) is 31.5 Å². The van der Waals surface area contributed by atoms with Crippen LogP contribution in [-0.4, -0.2) is 48.6 Å². The Labute approximate surface area is 233 Å². The molecule has 224 valence electrons. The average molecular weight is 591 g/mol. The number of rotatable bonds is 15. The van der Waals surface area contributed by atoms with Crippen LogP contribution in [0.3, 0.4) is 0 Å². The maximum Gasteiger partial charge on any atom is 0.435 e. The molecule has 0 fully saturated rings. The number of carbonyl (C=O) groups is 1. The number of phenols is 1. The molecule has 0 spiro atoms. The topological polar surface area (TPSA) is 119 Å². The normalized spacial score (nSPS) is 16.8. The standard InChI is InChI=1S/C28H37F3O8S/c1-6-27(5,26(33)39-25(29)28(30,31)40(34,35)36)17-22(21-8-12-23(32)13-9-21)16-18(3)20-10-14-24(15-11-20)38-19(4)37-7-2/h8-15,18-19,22,25,32H,6-7,16-17H2,1-5H3,(H,34,35,36). The van der Waals surface area contributed by atoms with E-state index < -0.39 is 39.4 Å². The second kappa shape index (κ2) is 13.7. The molecule has 40 heavy (non-hydrogen) atoms. The Bertz CT molecular complexity index is 1210. The van der Waals surface area contributed by atoms with Gasteiger partial charge in [-0.05, 0) is 87.3 Å². The lowest BCUT2D eigenvalue weighted by Gasteiger charge is -2.33. The maximum absolute atomic E-state index is 14.1. The number of benzene rings is 2. The van der Waals surface area contributed by atoms with Gasteiger partial charge in [-0.3, -0.25) is 9.35 Å². The van der Waals surface area contributed by atoms with Gasteiger partial charge in [0.15, 0.2) is 6.29 Å². The molecule has 5 atom stereocenters.